The van der Waals surface area contributed by atoms with E-state index in [0.29, 0.717) is 32.7 Å². The third kappa shape index (κ3) is 4.48. The topological polar surface area (TPSA) is 58.6 Å². The molecule has 1 aliphatic heterocycles. The van der Waals surface area contributed by atoms with Gasteiger partial charge in [-0.1, -0.05) is 44.2 Å². The molecule has 1 saturated heterocycles. The molecule has 0 saturated carbocycles. The number of rotatable bonds is 6. The van der Waals surface area contributed by atoms with Crippen molar-refractivity contribution >= 4 is 12.0 Å². The number of amides is 2. The normalized spacial score (nSPS) is 15.4. The largest absolute Gasteiger partial charge is 0.449 e. The van der Waals surface area contributed by atoms with E-state index in [9.17, 15) is 9.59 Å². The van der Waals surface area contributed by atoms with E-state index in [2.05, 4.69) is 19.2 Å². The number of cyclic esters (lactones) is 1. The minimum Gasteiger partial charge on any atom is -0.449 e. The van der Waals surface area contributed by atoms with Crippen LogP contribution in [0.2, 0.25) is 0 Å². The predicted octanol–water partition coefficient (Wildman–Crippen LogP) is 2.31. The van der Waals surface area contributed by atoms with Crippen molar-refractivity contribution in [2.24, 2.45) is 0 Å². The monoisotopic (exact) mass is 304 g/mol. The predicted molar refractivity (Wildman–Crippen MR) is 84.6 cm³/mol. The number of carbonyl (C=O) groups is 2. The molecule has 1 heterocycles. The van der Waals surface area contributed by atoms with Crippen LogP contribution < -0.4 is 5.32 Å². The zero-order chi connectivity index (χ0) is 16.0. The lowest BCUT2D eigenvalue weighted by Crippen LogP contribution is -2.43. The van der Waals surface area contributed by atoms with Gasteiger partial charge in [0.25, 0.3) is 0 Å². The lowest BCUT2D eigenvalue weighted by Gasteiger charge is -2.27. The van der Waals surface area contributed by atoms with E-state index in [1.807, 2.05) is 30.3 Å². The van der Waals surface area contributed by atoms with Gasteiger partial charge in [-0.05, 0) is 17.4 Å². The van der Waals surface area contributed by atoms with Crippen LogP contribution in [0.15, 0.2) is 30.3 Å². The summed E-state index contributed by atoms with van der Waals surface area (Å²) in [5.74, 6) is -0.000713. The van der Waals surface area contributed by atoms with Gasteiger partial charge >= 0.3 is 6.09 Å². The molecule has 5 heteroatoms. The van der Waals surface area contributed by atoms with Gasteiger partial charge in [0.1, 0.15) is 0 Å². The Morgan fingerprint density at radius 2 is 2.05 bits per heavy atom. The molecule has 2 amide bonds. The Labute approximate surface area is 131 Å². The molecule has 2 rings (SSSR count). The van der Waals surface area contributed by atoms with Crippen molar-refractivity contribution in [3.05, 3.63) is 35.9 Å². The first-order chi connectivity index (χ1) is 10.5. The van der Waals surface area contributed by atoms with Crippen molar-refractivity contribution in [3.8, 4) is 0 Å². The highest BCUT2D eigenvalue weighted by molar-refractivity contribution is 5.77. The van der Waals surface area contributed by atoms with Gasteiger partial charge in [0, 0.05) is 26.1 Å². The van der Waals surface area contributed by atoms with E-state index in [4.69, 9.17) is 4.74 Å². The van der Waals surface area contributed by atoms with Crippen LogP contribution in [0, 0.1) is 0 Å². The summed E-state index contributed by atoms with van der Waals surface area (Å²) >= 11 is 0. The van der Waals surface area contributed by atoms with Crippen molar-refractivity contribution in [2.75, 3.05) is 26.2 Å². The van der Waals surface area contributed by atoms with Gasteiger partial charge in [-0.15, -0.1) is 0 Å². The summed E-state index contributed by atoms with van der Waals surface area (Å²) in [7, 11) is 0. The molecule has 120 valence electrons. The average Bonchev–Trinajstić information content (AvgIpc) is 2.50. The SMILES string of the molecule is CC(C)(CC(=O)NCCN1CCCOC1=O)c1ccccc1. The Balaban J connectivity index is 1.77. The maximum absolute atomic E-state index is 12.1. The highest BCUT2D eigenvalue weighted by Gasteiger charge is 2.24. The van der Waals surface area contributed by atoms with Crippen LogP contribution in [0.1, 0.15) is 32.3 Å². The van der Waals surface area contributed by atoms with Gasteiger partial charge in [-0.3, -0.25) is 4.79 Å². The van der Waals surface area contributed by atoms with Gasteiger partial charge in [0.2, 0.25) is 5.91 Å². The van der Waals surface area contributed by atoms with Crippen molar-refractivity contribution in [2.45, 2.75) is 32.1 Å². The van der Waals surface area contributed by atoms with Crippen LogP contribution in [0.25, 0.3) is 0 Å². The Hall–Kier alpha value is -2.04. The third-order valence-corrected chi connectivity index (χ3v) is 3.92. The molecule has 1 aromatic rings. The van der Waals surface area contributed by atoms with Crippen molar-refractivity contribution in [1.82, 2.24) is 10.2 Å². The van der Waals surface area contributed by atoms with Crippen LogP contribution in [0.5, 0.6) is 0 Å². The number of hydrogen-bond acceptors (Lipinski definition) is 3. The van der Waals surface area contributed by atoms with Crippen LogP contribution >= 0.6 is 0 Å². The number of carbonyl (C=O) groups excluding carboxylic acids is 2. The lowest BCUT2D eigenvalue weighted by molar-refractivity contribution is -0.122. The zero-order valence-electron chi connectivity index (χ0n) is 13.3. The number of hydrogen-bond donors (Lipinski definition) is 1. The summed E-state index contributed by atoms with van der Waals surface area (Å²) in [5.41, 5.74) is 0.930. The lowest BCUT2D eigenvalue weighted by atomic mass is 9.81. The van der Waals surface area contributed by atoms with E-state index in [-0.39, 0.29) is 17.4 Å². The minimum absolute atomic E-state index is 0.000713. The highest BCUT2D eigenvalue weighted by Crippen LogP contribution is 2.26. The van der Waals surface area contributed by atoms with E-state index < -0.39 is 0 Å². The molecule has 0 radical (unpaired) electrons. The Morgan fingerprint density at radius 3 is 2.73 bits per heavy atom. The number of nitrogens with one attached hydrogen (secondary N) is 1. The Morgan fingerprint density at radius 1 is 1.32 bits per heavy atom. The van der Waals surface area contributed by atoms with E-state index in [1.165, 1.54) is 0 Å². The average molecular weight is 304 g/mol. The fourth-order valence-corrected chi connectivity index (χ4v) is 2.59. The second-order valence-corrected chi connectivity index (χ2v) is 6.23. The van der Waals surface area contributed by atoms with Crippen LogP contribution in [0.3, 0.4) is 0 Å². The first-order valence-corrected chi connectivity index (χ1v) is 7.73. The molecule has 1 fully saturated rings. The first kappa shape index (κ1) is 16.3. The second-order valence-electron chi connectivity index (χ2n) is 6.23. The fourth-order valence-electron chi connectivity index (χ4n) is 2.59. The van der Waals surface area contributed by atoms with Crippen molar-refractivity contribution in [1.29, 1.82) is 0 Å². The Bertz CT molecular complexity index is 514. The maximum Gasteiger partial charge on any atom is 0.409 e. The smallest absolute Gasteiger partial charge is 0.409 e. The Kier molecular flexibility index (Phi) is 5.41. The number of benzene rings is 1. The molecule has 22 heavy (non-hydrogen) atoms. The summed E-state index contributed by atoms with van der Waals surface area (Å²) in [6, 6.07) is 10.0. The molecule has 1 aromatic carbocycles. The van der Waals surface area contributed by atoms with Crippen LogP contribution in [-0.2, 0) is 14.9 Å². The summed E-state index contributed by atoms with van der Waals surface area (Å²) < 4.78 is 4.96. The molecule has 0 aliphatic carbocycles. The molecule has 1 aliphatic rings. The van der Waals surface area contributed by atoms with Gasteiger partial charge in [0.15, 0.2) is 0 Å². The van der Waals surface area contributed by atoms with E-state index in [1.54, 1.807) is 4.90 Å². The highest BCUT2D eigenvalue weighted by atomic mass is 16.6. The first-order valence-electron chi connectivity index (χ1n) is 7.73. The minimum atomic E-state index is -0.287. The quantitative estimate of drug-likeness (QED) is 0.877. The van der Waals surface area contributed by atoms with Gasteiger partial charge in [-0.25, -0.2) is 4.79 Å². The molecule has 5 nitrogen and oxygen atoms in total. The number of ether oxygens (including phenoxy) is 1. The fraction of sp³-hybridized carbons (Fsp3) is 0.529. The molecule has 0 bridgehead atoms. The van der Waals surface area contributed by atoms with Gasteiger partial charge in [0.05, 0.1) is 6.61 Å². The van der Waals surface area contributed by atoms with Crippen LogP contribution in [-0.4, -0.2) is 43.1 Å². The van der Waals surface area contributed by atoms with Gasteiger partial charge < -0.3 is 15.0 Å². The molecule has 0 atom stereocenters. The molecule has 0 aromatic heterocycles. The zero-order valence-corrected chi connectivity index (χ0v) is 13.3. The molecule has 0 spiro atoms. The molecular weight excluding hydrogens is 280 g/mol. The summed E-state index contributed by atoms with van der Waals surface area (Å²) in [6.45, 7) is 6.26. The maximum atomic E-state index is 12.1. The standard InChI is InChI=1S/C17H24N2O3/c1-17(2,14-7-4-3-5-8-14)13-15(20)18-9-11-19-10-6-12-22-16(19)21/h3-5,7-8H,6,9-13H2,1-2H3,(H,18,20). The van der Waals surface area contributed by atoms with Crippen molar-refractivity contribution in [3.63, 3.8) is 0 Å². The number of nitrogens with zero attached hydrogens (tertiary/aromatic N) is 1. The van der Waals surface area contributed by atoms with Gasteiger partial charge in [-0.2, -0.15) is 0 Å². The van der Waals surface area contributed by atoms with E-state index in [0.717, 1.165) is 12.0 Å². The van der Waals surface area contributed by atoms with E-state index >= 15 is 0 Å². The molecular formula is C17H24N2O3. The third-order valence-electron chi connectivity index (χ3n) is 3.92. The summed E-state index contributed by atoms with van der Waals surface area (Å²) in [6.07, 6.45) is 0.979. The molecule has 1 N–H and O–H groups in total. The summed E-state index contributed by atoms with van der Waals surface area (Å²) in [5, 5.41) is 2.89. The molecule has 0 unspecified atom stereocenters. The van der Waals surface area contributed by atoms with Crippen LogP contribution in [0.4, 0.5) is 4.79 Å². The summed E-state index contributed by atoms with van der Waals surface area (Å²) in [4.78, 5) is 25.2. The van der Waals surface area contributed by atoms with Crippen molar-refractivity contribution < 1.29 is 14.3 Å². The second kappa shape index (κ2) is 7.29.